The van der Waals surface area contributed by atoms with Gasteiger partial charge in [-0.3, -0.25) is 14.9 Å². The minimum Gasteiger partial charge on any atom is -0.497 e. The molecule has 0 saturated heterocycles. The molecule has 0 aliphatic rings. The highest BCUT2D eigenvalue weighted by atomic mass is 32.1. The van der Waals surface area contributed by atoms with Crippen molar-refractivity contribution < 1.29 is 14.3 Å². The molecule has 0 fully saturated rings. The summed E-state index contributed by atoms with van der Waals surface area (Å²) in [4.78, 5) is 28.4. The van der Waals surface area contributed by atoms with Crippen molar-refractivity contribution in [3.05, 3.63) is 77.3 Å². The molecule has 3 rings (SSSR count). The van der Waals surface area contributed by atoms with Gasteiger partial charge in [-0.2, -0.15) is 0 Å². The fourth-order valence-electron chi connectivity index (χ4n) is 2.26. The van der Waals surface area contributed by atoms with E-state index in [0.29, 0.717) is 16.4 Å². The summed E-state index contributed by atoms with van der Waals surface area (Å²) < 4.78 is 5.10. The van der Waals surface area contributed by atoms with E-state index in [1.807, 2.05) is 24.3 Å². The summed E-state index contributed by atoms with van der Waals surface area (Å²) in [6, 6.07) is 14.1. The standard InChI is InChI=1S/C20H17N3O3S/c1-26-17-8-5-14(6-9-17)7-10-18(24)22-16-4-2-3-15(13-16)19(25)23-20-21-11-12-27-20/h2-13H,1H3,(H,22,24)(H,21,23,25)/b10-7+. The number of thiazole rings is 1. The maximum atomic E-state index is 12.2. The van der Waals surface area contributed by atoms with E-state index in [-0.39, 0.29) is 11.8 Å². The Morgan fingerprint density at radius 1 is 1.11 bits per heavy atom. The van der Waals surface area contributed by atoms with Crippen molar-refractivity contribution in [3.8, 4) is 5.75 Å². The Hall–Kier alpha value is -3.45. The second kappa shape index (κ2) is 8.77. The van der Waals surface area contributed by atoms with Crippen LogP contribution >= 0.6 is 11.3 Å². The molecule has 0 atom stereocenters. The number of nitrogens with one attached hydrogen (secondary N) is 2. The monoisotopic (exact) mass is 379 g/mol. The predicted octanol–water partition coefficient (Wildman–Crippen LogP) is 4.06. The lowest BCUT2D eigenvalue weighted by Crippen LogP contribution is -2.13. The average Bonchev–Trinajstić information content (AvgIpc) is 3.20. The second-order valence-electron chi connectivity index (χ2n) is 5.47. The van der Waals surface area contributed by atoms with Crippen molar-refractivity contribution in [3.63, 3.8) is 0 Å². The van der Waals surface area contributed by atoms with E-state index in [4.69, 9.17) is 4.74 Å². The number of anilines is 2. The molecule has 0 spiro atoms. The lowest BCUT2D eigenvalue weighted by molar-refractivity contribution is -0.111. The fourth-order valence-corrected chi connectivity index (χ4v) is 2.79. The number of rotatable bonds is 6. The quantitative estimate of drug-likeness (QED) is 0.633. The molecule has 0 aliphatic heterocycles. The molecule has 6 nitrogen and oxygen atoms in total. The Labute approximate surface area is 160 Å². The predicted molar refractivity (Wildman–Crippen MR) is 107 cm³/mol. The van der Waals surface area contributed by atoms with E-state index < -0.39 is 0 Å². The summed E-state index contributed by atoms with van der Waals surface area (Å²) in [5.41, 5.74) is 1.84. The fraction of sp³-hybridized carbons (Fsp3) is 0.0500. The smallest absolute Gasteiger partial charge is 0.257 e. The SMILES string of the molecule is COc1ccc(/C=C/C(=O)Nc2cccc(C(=O)Nc3nccs3)c2)cc1. The number of carbonyl (C=O) groups is 2. The number of ether oxygens (including phenoxy) is 1. The van der Waals surface area contributed by atoms with Gasteiger partial charge in [-0.25, -0.2) is 4.98 Å². The van der Waals surface area contributed by atoms with Gasteiger partial charge in [0.05, 0.1) is 7.11 Å². The Balaban J connectivity index is 1.62. The van der Waals surface area contributed by atoms with Crippen molar-refractivity contribution in [2.45, 2.75) is 0 Å². The van der Waals surface area contributed by atoms with Gasteiger partial charge in [-0.15, -0.1) is 11.3 Å². The van der Waals surface area contributed by atoms with E-state index >= 15 is 0 Å². The summed E-state index contributed by atoms with van der Waals surface area (Å²) >= 11 is 1.34. The highest BCUT2D eigenvalue weighted by molar-refractivity contribution is 7.13. The summed E-state index contributed by atoms with van der Waals surface area (Å²) in [6.07, 6.45) is 4.75. The lowest BCUT2D eigenvalue weighted by atomic mass is 10.2. The molecule has 27 heavy (non-hydrogen) atoms. The minimum absolute atomic E-state index is 0.283. The molecule has 3 aromatic rings. The van der Waals surface area contributed by atoms with Crippen molar-refractivity contribution in [1.82, 2.24) is 4.98 Å². The van der Waals surface area contributed by atoms with Gasteiger partial charge in [-0.05, 0) is 42.0 Å². The van der Waals surface area contributed by atoms with Crippen molar-refractivity contribution in [1.29, 1.82) is 0 Å². The molecule has 0 radical (unpaired) electrons. The van der Waals surface area contributed by atoms with E-state index in [1.54, 1.807) is 49.0 Å². The first-order valence-corrected chi connectivity index (χ1v) is 8.96. The third kappa shape index (κ3) is 5.26. The topological polar surface area (TPSA) is 80.3 Å². The van der Waals surface area contributed by atoms with Crippen LogP contribution in [0.5, 0.6) is 5.75 Å². The van der Waals surface area contributed by atoms with Crippen LogP contribution in [-0.2, 0) is 4.79 Å². The largest absolute Gasteiger partial charge is 0.497 e. The molecule has 7 heteroatoms. The number of carbonyl (C=O) groups excluding carboxylic acids is 2. The molecule has 2 amide bonds. The Bertz CT molecular complexity index is 951. The van der Waals surface area contributed by atoms with Gasteiger partial charge >= 0.3 is 0 Å². The van der Waals surface area contributed by atoms with Crippen LogP contribution in [0.2, 0.25) is 0 Å². The summed E-state index contributed by atoms with van der Waals surface area (Å²) in [6.45, 7) is 0. The van der Waals surface area contributed by atoms with E-state index in [1.165, 1.54) is 17.4 Å². The highest BCUT2D eigenvalue weighted by Gasteiger charge is 2.08. The maximum absolute atomic E-state index is 12.2. The van der Waals surface area contributed by atoms with Crippen LogP contribution in [0.25, 0.3) is 6.08 Å². The summed E-state index contributed by atoms with van der Waals surface area (Å²) in [5, 5.41) is 7.76. The molecule has 2 N–H and O–H groups in total. The van der Waals surface area contributed by atoms with Crippen LogP contribution in [0, 0.1) is 0 Å². The van der Waals surface area contributed by atoms with E-state index in [0.717, 1.165) is 11.3 Å². The third-order valence-corrected chi connectivity index (χ3v) is 4.28. The molecule has 0 aliphatic carbocycles. The molecule has 1 aromatic heterocycles. The number of hydrogen-bond donors (Lipinski definition) is 2. The van der Waals surface area contributed by atoms with Crippen LogP contribution in [0.4, 0.5) is 10.8 Å². The number of aromatic nitrogens is 1. The summed E-state index contributed by atoms with van der Waals surface area (Å²) in [7, 11) is 1.60. The van der Waals surface area contributed by atoms with Gasteiger partial charge < -0.3 is 10.1 Å². The van der Waals surface area contributed by atoms with Gasteiger partial charge in [0.15, 0.2) is 5.13 Å². The minimum atomic E-state index is -0.289. The van der Waals surface area contributed by atoms with Crippen LogP contribution < -0.4 is 15.4 Å². The van der Waals surface area contributed by atoms with Crippen molar-refractivity contribution in [2.75, 3.05) is 17.7 Å². The molecule has 0 unspecified atom stereocenters. The number of nitrogens with zero attached hydrogens (tertiary/aromatic N) is 1. The van der Waals surface area contributed by atoms with E-state index in [9.17, 15) is 9.59 Å². The molecule has 136 valence electrons. The van der Waals surface area contributed by atoms with Gasteiger partial charge in [0.1, 0.15) is 5.75 Å². The number of amides is 2. The van der Waals surface area contributed by atoms with E-state index in [2.05, 4.69) is 15.6 Å². The van der Waals surface area contributed by atoms with Crippen molar-refractivity contribution in [2.24, 2.45) is 0 Å². The number of methoxy groups -OCH3 is 1. The zero-order chi connectivity index (χ0) is 19.1. The zero-order valence-corrected chi connectivity index (χ0v) is 15.3. The van der Waals surface area contributed by atoms with Gasteiger partial charge in [0.2, 0.25) is 5.91 Å². The molecule has 1 heterocycles. The Kier molecular flexibility index (Phi) is 5.96. The maximum Gasteiger partial charge on any atom is 0.257 e. The van der Waals surface area contributed by atoms with Crippen LogP contribution in [-0.4, -0.2) is 23.9 Å². The third-order valence-electron chi connectivity index (χ3n) is 3.59. The van der Waals surface area contributed by atoms with Gasteiger partial charge in [-0.1, -0.05) is 18.2 Å². The van der Waals surface area contributed by atoms with Crippen LogP contribution in [0.15, 0.2) is 66.2 Å². The summed E-state index contributed by atoms with van der Waals surface area (Å²) in [5.74, 6) is 0.183. The second-order valence-corrected chi connectivity index (χ2v) is 6.36. The van der Waals surface area contributed by atoms with Gasteiger partial charge in [0, 0.05) is 28.9 Å². The first-order valence-electron chi connectivity index (χ1n) is 8.08. The van der Waals surface area contributed by atoms with Gasteiger partial charge in [0.25, 0.3) is 5.91 Å². The first kappa shape index (κ1) is 18.3. The Morgan fingerprint density at radius 2 is 1.93 bits per heavy atom. The van der Waals surface area contributed by atoms with Crippen molar-refractivity contribution >= 4 is 40.0 Å². The average molecular weight is 379 g/mol. The van der Waals surface area contributed by atoms with Crippen LogP contribution in [0.3, 0.4) is 0 Å². The molecule has 0 saturated carbocycles. The number of benzene rings is 2. The first-order chi connectivity index (χ1) is 13.1. The molecule has 2 aromatic carbocycles. The lowest BCUT2D eigenvalue weighted by Gasteiger charge is -2.06. The molecular formula is C20H17N3O3S. The molecular weight excluding hydrogens is 362 g/mol. The number of hydrogen-bond acceptors (Lipinski definition) is 5. The zero-order valence-electron chi connectivity index (χ0n) is 14.5. The highest BCUT2D eigenvalue weighted by Crippen LogP contribution is 2.16. The Morgan fingerprint density at radius 3 is 2.63 bits per heavy atom. The van der Waals surface area contributed by atoms with Crippen LogP contribution in [0.1, 0.15) is 15.9 Å². The normalized spacial score (nSPS) is 10.6. The molecule has 0 bridgehead atoms.